The third-order valence-corrected chi connectivity index (χ3v) is 5.29. The van der Waals surface area contributed by atoms with Gasteiger partial charge in [-0.05, 0) is 26.5 Å². The molecule has 0 saturated carbocycles. The van der Waals surface area contributed by atoms with E-state index < -0.39 is 0 Å². The molecule has 1 heterocycles. The van der Waals surface area contributed by atoms with Crippen molar-refractivity contribution in [2.45, 2.75) is 32.4 Å². The largest absolute Gasteiger partial charge is 0.382 e. The van der Waals surface area contributed by atoms with Crippen LogP contribution in [0.1, 0.15) is 36.9 Å². The molecule has 0 radical (unpaired) electrons. The van der Waals surface area contributed by atoms with Crippen molar-refractivity contribution in [3.05, 3.63) is 4.88 Å². The predicted octanol–water partition coefficient (Wildman–Crippen LogP) is 2.44. The Hall–Kier alpha value is -0.950. The van der Waals surface area contributed by atoms with Crippen molar-refractivity contribution >= 4 is 40.0 Å². The van der Waals surface area contributed by atoms with Gasteiger partial charge in [0.25, 0.3) is 5.91 Å². The number of thiazole rings is 1. The minimum absolute atomic E-state index is 0.119. The van der Waals surface area contributed by atoms with Crippen molar-refractivity contribution < 1.29 is 4.79 Å². The molecule has 1 rings (SSSR count). The van der Waals surface area contributed by atoms with Crippen molar-refractivity contribution in [1.29, 1.82) is 0 Å². The minimum Gasteiger partial charge on any atom is -0.382 e. The van der Waals surface area contributed by atoms with Gasteiger partial charge >= 0.3 is 0 Å². The average Bonchev–Trinajstić information content (AvgIpc) is 2.81. The highest BCUT2D eigenvalue weighted by Gasteiger charge is 2.18. The van der Waals surface area contributed by atoms with Gasteiger partial charge in [-0.2, -0.15) is 11.8 Å². The quantitative estimate of drug-likeness (QED) is 0.771. The highest BCUT2D eigenvalue weighted by Crippen LogP contribution is 2.27. The van der Waals surface area contributed by atoms with E-state index >= 15 is 0 Å². The van der Waals surface area contributed by atoms with Gasteiger partial charge < -0.3 is 16.0 Å². The maximum atomic E-state index is 12.1. The van der Waals surface area contributed by atoms with Gasteiger partial charge in [0.05, 0.1) is 0 Å². The molecule has 1 atom stereocenters. The second kappa shape index (κ2) is 8.36. The van der Waals surface area contributed by atoms with E-state index in [-0.39, 0.29) is 5.91 Å². The summed E-state index contributed by atoms with van der Waals surface area (Å²) in [6, 6.07) is 0. The number of nitrogens with two attached hydrogens (primary N) is 1. The predicted molar refractivity (Wildman–Crippen MR) is 90.0 cm³/mol. The Balaban J connectivity index is 2.64. The van der Waals surface area contributed by atoms with E-state index in [1.807, 2.05) is 0 Å². The van der Waals surface area contributed by atoms with Crippen molar-refractivity contribution in [3.8, 4) is 0 Å². The number of nitrogens with one attached hydrogen (secondary N) is 1. The summed E-state index contributed by atoms with van der Waals surface area (Å²) in [5, 5.41) is 4.27. The molecule has 7 heteroatoms. The van der Waals surface area contributed by atoms with Crippen LogP contribution >= 0.6 is 23.1 Å². The van der Waals surface area contributed by atoms with Crippen molar-refractivity contribution in [2.75, 3.05) is 36.5 Å². The summed E-state index contributed by atoms with van der Waals surface area (Å²) in [5.41, 5.74) is 5.85. The first-order valence-electron chi connectivity index (χ1n) is 6.85. The maximum absolute atomic E-state index is 12.1. The van der Waals surface area contributed by atoms with Crippen LogP contribution < -0.4 is 16.0 Å². The highest BCUT2D eigenvalue weighted by molar-refractivity contribution is 7.99. The Morgan fingerprint density at radius 2 is 2.15 bits per heavy atom. The van der Waals surface area contributed by atoms with Gasteiger partial charge in [0.15, 0.2) is 5.13 Å². The second-order valence-corrected chi connectivity index (χ2v) is 6.73. The molecule has 0 saturated heterocycles. The first kappa shape index (κ1) is 17.1. The van der Waals surface area contributed by atoms with Crippen LogP contribution in [-0.4, -0.2) is 42.0 Å². The van der Waals surface area contributed by atoms with E-state index in [9.17, 15) is 4.79 Å². The van der Waals surface area contributed by atoms with Crippen molar-refractivity contribution in [2.24, 2.45) is 0 Å². The minimum atomic E-state index is -0.119. The zero-order valence-corrected chi connectivity index (χ0v) is 14.2. The van der Waals surface area contributed by atoms with Crippen molar-refractivity contribution in [3.63, 3.8) is 0 Å². The molecule has 114 valence electrons. The first-order valence-corrected chi connectivity index (χ1v) is 8.96. The lowest BCUT2D eigenvalue weighted by molar-refractivity contribution is 0.0958. The number of thioether (sulfide) groups is 1. The Kier molecular flexibility index (Phi) is 7.15. The number of nitrogens with zero attached hydrogens (tertiary/aromatic N) is 2. The SMILES string of the molecule is CCN(CC)c1nc(N)c(C(=O)NCCC(C)SC)s1. The number of aromatic nitrogens is 1. The fraction of sp³-hybridized carbons (Fsp3) is 0.692. The molecule has 0 aliphatic rings. The van der Waals surface area contributed by atoms with E-state index in [4.69, 9.17) is 5.73 Å². The molecule has 0 aliphatic heterocycles. The van der Waals surface area contributed by atoms with Gasteiger partial charge in [0.2, 0.25) is 0 Å². The Morgan fingerprint density at radius 1 is 1.50 bits per heavy atom. The van der Waals surface area contributed by atoms with Crippen LogP contribution in [0.15, 0.2) is 0 Å². The smallest absolute Gasteiger partial charge is 0.265 e. The Bertz CT molecular complexity index is 432. The monoisotopic (exact) mass is 316 g/mol. The number of nitrogen functional groups attached to an aromatic ring is 1. The maximum Gasteiger partial charge on any atom is 0.265 e. The molecule has 0 aliphatic carbocycles. The summed E-state index contributed by atoms with van der Waals surface area (Å²) in [6.07, 6.45) is 3.03. The van der Waals surface area contributed by atoms with E-state index in [1.54, 1.807) is 11.8 Å². The van der Waals surface area contributed by atoms with Crippen LogP contribution in [0.4, 0.5) is 10.9 Å². The van der Waals surface area contributed by atoms with Gasteiger partial charge in [-0.1, -0.05) is 18.3 Å². The van der Waals surface area contributed by atoms with Gasteiger partial charge in [-0.3, -0.25) is 4.79 Å². The third-order valence-electron chi connectivity index (χ3n) is 3.12. The molecule has 20 heavy (non-hydrogen) atoms. The fourth-order valence-corrected chi connectivity index (χ4v) is 3.08. The number of carbonyl (C=O) groups is 1. The number of anilines is 2. The van der Waals surface area contributed by atoms with Gasteiger partial charge in [0, 0.05) is 24.9 Å². The first-order chi connectivity index (χ1) is 9.53. The van der Waals surface area contributed by atoms with Crippen LogP contribution in [0.3, 0.4) is 0 Å². The fourth-order valence-electron chi connectivity index (χ4n) is 1.70. The number of amides is 1. The molecule has 0 aromatic carbocycles. The zero-order chi connectivity index (χ0) is 15.1. The number of hydrogen-bond donors (Lipinski definition) is 2. The second-order valence-electron chi connectivity index (χ2n) is 4.47. The molecule has 1 aromatic rings. The number of hydrogen-bond acceptors (Lipinski definition) is 6. The Morgan fingerprint density at radius 3 is 2.70 bits per heavy atom. The molecule has 3 N–H and O–H groups in total. The number of carbonyl (C=O) groups excluding carboxylic acids is 1. The van der Waals surface area contributed by atoms with Crippen molar-refractivity contribution in [1.82, 2.24) is 10.3 Å². The molecule has 0 fully saturated rings. The van der Waals surface area contributed by atoms with E-state index in [0.29, 0.717) is 22.5 Å². The third kappa shape index (κ3) is 4.56. The van der Waals surface area contributed by atoms with E-state index in [1.165, 1.54) is 11.3 Å². The summed E-state index contributed by atoms with van der Waals surface area (Å²) >= 11 is 3.16. The lowest BCUT2D eigenvalue weighted by Gasteiger charge is -2.16. The summed E-state index contributed by atoms with van der Waals surface area (Å²) in [6.45, 7) is 8.65. The molecular weight excluding hydrogens is 292 g/mol. The van der Waals surface area contributed by atoms with E-state index in [0.717, 1.165) is 24.6 Å². The zero-order valence-electron chi connectivity index (χ0n) is 12.6. The van der Waals surface area contributed by atoms with E-state index in [2.05, 4.69) is 42.2 Å². The lowest BCUT2D eigenvalue weighted by atomic mass is 10.3. The van der Waals surface area contributed by atoms with Gasteiger partial charge in [0.1, 0.15) is 10.7 Å². The van der Waals surface area contributed by atoms with Crippen LogP contribution in [0.2, 0.25) is 0 Å². The molecular formula is C13H24N4OS2. The lowest BCUT2D eigenvalue weighted by Crippen LogP contribution is -2.26. The van der Waals surface area contributed by atoms with Crippen LogP contribution in [0.25, 0.3) is 0 Å². The number of rotatable bonds is 8. The normalized spacial score (nSPS) is 12.2. The molecule has 0 spiro atoms. The summed E-state index contributed by atoms with van der Waals surface area (Å²) in [4.78, 5) is 19.0. The molecule has 1 amide bonds. The molecule has 1 aromatic heterocycles. The van der Waals surface area contributed by atoms with Gasteiger partial charge in [-0.25, -0.2) is 4.98 Å². The summed E-state index contributed by atoms with van der Waals surface area (Å²) < 4.78 is 0. The molecule has 1 unspecified atom stereocenters. The van der Waals surface area contributed by atoms with Gasteiger partial charge in [-0.15, -0.1) is 0 Å². The molecule has 0 bridgehead atoms. The van der Waals surface area contributed by atoms with Crippen LogP contribution in [0.5, 0.6) is 0 Å². The molecule has 5 nitrogen and oxygen atoms in total. The topological polar surface area (TPSA) is 71.2 Å². The van der Waals surface area contributed by atoms with Crippen LogP contribution in [0, 0.1) is 0 Å². The highest BCUT2D eigenvalue weighted by atomic mass is 32.2. The van der Waals surface area contributed by atoms with Crippen LogP contribution in [-0.2, 0) is 0 Å². The Labute approximate surface area is 129 Å². The summed E-state index contributed by atoms with van der Waals surface area (Å²) in [5.74, 6) is 0.207. The average molecular weight is 316 g/mol. The standard InChI is InChI=1S/C13H24N4OS2/c1-5-17(6-2)13-16-11(14)10(20-13)12(18)15-8-7-9(3)19-4/h9H,5-8,14H2,1-4H3,(H,15,18). The summed E-state index contributed by atoms with van der Waals surface area (Å²) in [7, 11) is 0.